The minimum Gasteiger partial charge on any atom is -0.204 e. The predicted octanol–water partition coefficient (Wildman–Crippen LogP) is 3.12. The van der Waals surface area contributed by atoms with E-state index in [2.05, 4.69) is 11.8 Å². The van der Waals surface area contributed by atoms with E-state index in [4.69, 9.17) is 0 Å². The van der Waals surface area contributed by atoms with Crippen LogP contribution in [0.5, 0.6) is 0 Å². The lowest BCUT2D eigenvalue weighted by molar-refractivity contribution is 0.508. The molecule has 0 unspecified atom stereocenters. The molecule has 13 heavy (non-hydrogen) atoms. The molecule has 1 aromatic rings. The molecule has 0 atom stereocenters. The summed E-state index contributed by atoms with van der Waals surface area (Å²) in [4.78, 5) is 0. The molecule has 2 heteroatoms. The normalized spacial score (nSPS) is 9.15. The van der Waals surface area contributed by atoms with E-state index in [1.54, 1.807) is 0 Å². The Labute approximate surface area is 76.6 Å². The van der Waals surface area contributed by atoms with Crippen molar-refractivity contribution in [3.63, 3.8) is 0 Å². The maximum atomic E-state index is 12.6. The summed E-state index contributed by atoms with van der Waals surface area (Å²) in [6, 6.07) is 3.67. The minimum atomic E-state index is -0.844. The van der Waals surface area contributed by atoms with Crippen LogP contribution in [-0.4, -0.2) is 0 Å². The minimum absolute atomic E-state index is 0.521. The Kier molecular flexibility index (Phi) is 3.45. The zero-order valence-corrected chi connectivity index (χ0v) is 7.40. The molecule has 68 valence electrons. The van der Waals surface area contributed by atoms with Crippen LogP contribution >= 0.6 is 0 Å². The van der Waals surface area contributed by atoms with Crippen LogP contribution in [0.1, 0.15) is 25.3 Å². The molecule has 0 aliphatic heterocycles. The van der Waals surface area contributed by atoms with E-state index in [1.165, 1.54) is 6.07 Å². The third kappa shape index (κ3) is 2.87. The van der Waals surface area contributed by atoms with Gasteiger partial charge in [-0.05, 0) is 24.6 Å². The van der Waals surface area contributed by atoms with Crippen molar-refractivity contribution < 1.29 is 8.78 Å². The van der Waals surface area contributed by atoms with Crippen molar-refractivity contribution in [2.24, 2.45) is 0 Å². The molecule has 0 saturated heterocycles. The van der Waals surface area contributed by atoms with E-state index in [1.807, 2.05) is 6.92 Å². The fourth-order valence-corrected chi connectivity index (χ4v) is 0.863. The van der Waals surface area contributed by atoms with Gasteiger partial charge in [0, 0.05) is 12.0 Å². The second kappa shape index (κ2) is 4.61. The molecule has 0 amide bonds. The molecular formula is C11H10F2. The highest BCUT2D eigenvalue weighted by molar-refractivity contribution is 5.34. The van der Waals surface area contributed by atoms with Gasteiger partial charge < -0.3 is 0 Å². The molecule has 0 aromatic heterocycles. The van der Waals surface area contributed by atoms with Crippen molar-refractivity contribution in [3.05, 3.63) is 35.4 Å². The molecule has 0 bridgehead atoms. The molecule has 0 fully saturated rings. The maximum Gasteiger partial charge on any atom is 0.160 e. The number of unbranched alkanes of at least 4 members (excludes halogenated alkanes) is 1. The van der Waals surface area contributed by atoms with E-state index in [0.29, 0.717) is 5.56 Å². The molecule has 0 heterocycles. The molecule has 1 aromatic carbocycles. The Balaban J connectivity index is 2.81. The van der Waals surface area contributed by atoms with Gasteiger partial charge in [0.25, 0.3) is 0 Å². The average molecular weight is 180 g/mol. The Morgan fingerprint density at radius 3 is 2.62 bits per heavy atom. The summed E-state index contributed by atoms with van der Waals surface area (Å²) in [6.45, 7) is 2.01. The van der Waals surface area contributed by atoms with Crippen LogP contribution in [0.4, 0.5) is 8.78 Å². The van der Waals surface area contributed by atoms with Crippen molar-refractivity contribution in [1.82, 2.24) is 0 Å². The van der Waals surface area contributed by atoms with Gasteiger partial charge in [-0.3, -0.25) is 0 Å². The molecule has 0 saturated carbocycles. The molecule has 0 nitrogen and oxygen atoms in total. The van der Waals surface area contributed by atoms with Gasteiger partial charge >= 0.3 is 0 Å². The van der Waals surface area contributed by atoms with Crippen molar-refractivity contribution in [1.29, 1.82) is 0 Å². The van der Waals surface area contributed by atoms with Crippen LogP contribution in [0.15, 0.2) is 18.2 Å². The molecular weight excluding hydrogens is 170 g/mol. The Morgan fingerprint density at radius 2 is 2.00 bits per heavy atom. The number of rotatable bonds is 1. The van der Waals surface area contributed by atoms with Crippen molar-refractivity contribution >= 4 is 0 Å². The van der Waals surface area contributed by atoms with Gasteiger partial charge in [-0.25, -0.2) is 8.78 Å². The van der Waals surface area contributed by atoms with E-state index < -0.39 is 11.6 Å². The Bertz CT molecular complexity index is 345. The lowest BCUT2D eigenvalue weighted by atomic mass is 10.2. The standard InChI is InChI=1S/C11H10F2/c1-2-3-4-5-9-6-7-10(12)11(13)8-9/h6-8H,2-3H2,1H3. The van der Waals surface area contributed by atoms with Crippen LogP contribution in [0.3, 0.4) is 0 Å². The van der Waals surface area contributed by atoms with Gasteiger partial charge in [-0.2, -0.15) is 0 Å². The Hall–Kier alpha value is -1.36. The molecule has 0 aliphatic carbocycles. The van der Waals surface area contributed by atoms with Gasteiger partial charge in [0.2, 0.25) is 0 Å². The maximum absolute atomic E-state index is 12.6. The Morgan fingerprint density at radius 1 is 1.23 bits per heavy atom. The first-order chi connectivity index (χ1) is 6.24. The quantitative estimate of drug-likeness (QED) is 0.582. The van der Waals surface area contributed by atoms with Crippen LogP contribution < -0.4 is 0 Å². The summed E-state index contributed by atoms with van der Waals surface area (Å²) >= 11 is 0. The lowest BCUT2D eigenvalue weighted by Gasteiger charge is -1.92. The fraction of sp³-hybridized carbons (Fsp3) is 0.273. The summed E-state index contributed by atoms with van der Waals surface area (Å²) in [5.74, 6) is 3.94. The average Bonchev–Trinajstić information content (AvgIpc) is 2.12. The second-order valence-electron chi connectivity index (χ2n) is 2.68. The first kappa shape index (κ1) is 9.73. The van der Waals surface area contributed by atoms with Crippen LogP contribution in [-0.2, 0) is 0 Å². The van der Waals surface area contributed by atoms with E-state index in [-0.39, 0.29) is 0 Å². The third-order valence-corrected chi connectivity index (χ3v) is 1.53. The largest absolute Gasteiger partial charge is 0.204 e. The second-order valence-corrected chi connectivity index (χ2v) is 2.68. The monoisotopic (exact) mass is 180 g/mol. The van der Waals surface area contributed by atoms with Gasteiger partial charge in [-0.1, -0.05) is 18.8 Å². The van der Waals surface area contributed by atoms with Gasteiger partial charge in [0.1, 0.15) is 0 Å². The third-order valence-electron chi connectivity index (χ3n) is 1.53. The molecule has 0 spiro atoms. The summed E-state index contributed by atoms with van der Waals surface area (Å²) in [7, 11) is 0. The number of hydrogen-bond acceptors (Lipinski definition) is 0. The summed E-state index contributed by atoms with van der Waals surface area (Å²) in [6.07, 6.45) is 1.75. The highest BCUT2D eigenvalue weighted by Crippen LogP contribution is 2.07. The van der Waals surface area contributed by atoms with Gasteiger partial charge in [0.15, 0.2) is 11.6 Å². The van der Waals surface area contributed by atoms with Gasteiger partial charge in [0.05, 0.1) is 0 Å². The molecule has 1 rings (SSSR count). The predicted molar refractivity (Wildman–Crippen MR) is 48.1 cm³/mol. The molecule has 0 N–H and O–H groups in total. The van der Waals surface area contributed by atoms with Gasteiger partial charge in [-0.15, -0.1) is 0 Å². The van der Waals surface area contributed by atoms with E-state index in [0.717, 1.165) is 25.0 Å². The molecule has 0 aliphatic rings. The van der Waals surface area contributed by atoms with Crippen LogP contribution in [0.25, 0.3) is 0 Å². The topological polar surface area (TPSA) is 0 Å². The smallest absolute Gasteiger partial charge is 0.160 e. The fourth-order valence-electron chi connectivity index (χ4n) is 0.863. The molecule has 0 radical (unpaired) electrons. The number of benzene rings is 1. The van der Waals surface area contributed by atoms with Crippen LogP contribution in [0, 0.1) is 23.5 Å². The zero-order chi connectivity index (χ0) is 9.68. The first-order valence-electron chi connectivity index (χ1n) is 4.18. The van der Waals surface area contributed by atoms with Crippen molar-refractivity contribution in [2.45, 2.75) is 19.8 Å². The number of hydrogen-bond donors (Lipinski definition) is 0. The highest BCUT2D eigenvalue weighted by Gasteiger charge is 1.99. The number of halogens is 2. The van der Waals surface area contributed by atoms with Crippen LogP contribution in [0.2, 0.25) is 0 Å². The van der Waals surface area contributed by atoms with E-state index in [9.17, 15) is 8.78 Å². The first-order valence-corrected chi connectivity index (χ1v) is 4.18. The van der Waals surface area contributed by atoms with E-state index >= 15 is 0 Å². The van der Waals surface area contributed by atoms with Crippen molar-refractivity contribution in [3.8, 4) is 11.8 Å². The zero-order valence-electron chi connectivity index (χ0n) is 7.40. The highest BCUT2D eigenvalue weighted by atomic mass is 19.2. The summed E-state index contributed by atoms with van der Waals surface area (Å²) < 4.78 is 25.1. The summed E-state index contributed by atoms with van der Waals surface area (Å²) in [5, 5.41) is 0. The summed E-state index contributed by atoms with van der Waals surface area (Å²) in [5.41, 5.74) is 0.521. The van der Waals surface area contributed by atoms with Crippen molar-refractivity contribution in [2.75, 3.05) is 0 Å². The lowest BCUT2D eigenvalue weighted by Crippen LogP contribution is -1.84. The SMILES string of the molecule is CCCC#Cc1ccc(F)c(F)c1.